The van der Waals surface area contributed by atoms with Crippen LogP contribution >= 0.6 is 0 Å². The van der Waals surface area contributed by atoms with Gasteiger partial charge in [0.25, 0.3) is 5.91 Å². The highest BCUT2D eigenvalue weighted by Gasteiger charge is 2.37. The topological polar surface area (TPSA) is 105 Å². The number of carbonyl (C=O) groups excluding carboxylic acids is 2. The molecule has 1 N–H and O–H groups in total. The first-order chi connectivity index (χ1) is 20.2. The molecule has 10 heteroatoms. The highest BCUT2D eigenvalue weighted by atomic mass is 19.1. The number of esters is 1. The van der Waals surface area contributed by atoms with Gasteiger partial charge in [0, 0.05) is 37.5 Å². The molecule has 1 aliphatic rings. The van der Waals surface area contributed by atoms with E-state index in [0.717, 1.165) is 11.3 Å². The lowest BCUT2D eigenvalue weighted by Crippen LogP contribution is -2.46. The predicted molar refractivity (Wildman–Crippen MR) is 161 cm³/mol. The van der Waals surface area contributed by atoms with Crippen LogP contribution in [0, 0.1) is 5.82 Å². The molecule has 0 bridgehead atoms. The molecule has 0 spiro atoms. The smallest absolute Gasteiger partial charge is 0.308 e. The van der Waals surface area contributed by atoms with Crippen LogP contribution in [0.2, 0.25) is 0 Å². The lowest BCUT2D eigenvalue weighted by molar-refractivity contribution is -0.301. The van der Waals surface area contributed by atoms with Crippen LogP contribution in [-0.2, 0) is 32.1 Å². The van der Waals surface area contributed by atoms with Crippen LogP contribution in [0.1, 0.15) is 95.4 Å². The van der Waals surface area contributed by atoms with E-state index < -0.39 is 11.4 Å². The third-order valence-electron chi connectivity index (χ3n) is 6.96. The summed E-state index contributed by atoms with van der Waals surface area (Å²) >= 11 is 0. The molecule has 1 saturated heterocycles. The van der Waals surface area contributed by atoms with Crippen LogP contribution in [0.15, 0.2) is 48.8 Å². The lowest BCUT2D eigenvalue weighted by atomic mass is 10.0. The fourth-order valence-electron chi connectivity index (χ4n) is 5.40. The number of nitrogens with zero attached hydrogens (tertiary/aromatic N) is 3. The van der Waals surface area contributed by atoms with Crippen molar-refractivity contribution in [2.45, 2.75) is 110 Å². The fraction of sp³-hybridized carbons (Fsp3) is 0.515. The summed E-state index contributed by atoms with van der Waals surface area (Å²) in [5.41, 5.74) is 2.10. The Morgan fingerprint density at radius 3 is 2.47 bits per heavy atom. The molecule has 232 valence electrons. The number of carbonyl (C=O) groups is 2. The molecule has 2 atom stereocenters. The predicted octanol–water partition coefficient (Wildman–Crippen LogP) is 6.17. The number of hydrogen-bond donors (Lipinski definition) is 1. The molecule has 3 aromatic rings. The highest BCUT2D eigenvalue weighted by molar-refractivity contribution is 5.94. The Morgan fingerprint density at radius 2 is 1.84 bits per heavy atom. The maximum atomic E-state index is 13.8. The maximum absolute atomic E-state index is 13.8. The molecule has 43 heavy (non-hydrogen) atoms. The zero-order valence-corrected chi connectivity index (χ0v) is 26.1. The molecule has 3 heterocycles. The van der Waals surface area contributed by atoms with E-state index in [0.29, 0.717) is 43.0 Å². The van der Waals surface area contributed by atoms with Crippen molar-refractivity contribution in [1.29, 1.82) is 0 Å². The Kier molecular flexibility index (Phi) is 10.0. The second kappa shape index (κ2) is 13.3. The SMILES string of the molecule is CC(C)c1c(C(=O)NCc2cccnc2)nc(-c2ccc(F)cc2)n1CC[C@@H]1C[C@H](CC(=O)OC(C)(C)C)OC(C)(C)O1. The Balaban J connectivity index is 1.59. The minimum absolute atomic E-state index is 0.0344. The Bertz CT molecular complexity index is 1400. The number of ether oxygens (including phenoxy) is 3. The summed E-state index contributed by atoms with van der Waals surface area (Å²) in [5.74, 6) is -1.31. The number of hydrogen-bond acceptors (Lipinski definition) is 7. The van der Waals surface area contributed by atoms with Gasteiger partial charge in [-0.15, -0.1) is 0 Å². The van der Waals surface area contributed by atoms with E-state index in [1.54, 1.807) is 24.5 Å². The van der Waals surface area contributed by atoms with E-state index in [-0.39, 0.29) is 42.2 Å². The van der Waals surface area contributed by atoms with Crippen LogP contribution in [0.4, 0.5) is 4.39 Å². The molecule has 0 radical (unpaired) electrons. The molecule has 1 fully saturated rings. The summed E-state index contributed by atoms with van der Waals surface area (Å²) in [6.07, 6.45) is 4.03. The number of rotatable bonds is 10. The van der Waals surface area contributed by atoms with Crippen molar-refractivity contribution in [2.75, 3.05) is 0 Å². The fourth-order valence-corrected chi connectivity index (χ4v) is 5.40. The van der Waals surface area contributed by atoms with Gasteiger partial charge in [0.1, 0.15) is 22.9 Å². The van der Waals surface area contributed by atoms with Crippen molar-refractivity contribution in [2.24, 2.45) is 0 Å². The summed E-state index contributed by atoms with van der Waals surface area (Å²) in [7, 11) is 0. The van der Waals surface area contributed by atoms with Gasteiger partial charge in [-0.25, -0.2) is 9.37 Å². The number of pyridine rings is 1. The Morgan fingerprint density at radius 1 is 1.14 bits per heavy atom. The van der Waals surface area contributed by atoms with Gasteiger partial charge < -0.3 is 24.1 Å². The summed E-state index contributed by atoms with van der Waals surface area (Å²) in [6, 6.07) is 9.82. The quantitative estimate of drug-likeness (QED) is 0.280. The maximum Gasteiger partial charge on any atom is 0.308 e. The molecule has 1 aromatic carbocycles. The molecule has 4 rings (SSSR count). The van der Waals surface area contributed by atoms with E-state index in [4.69, 9.17) is 19.2 Å². The first-order valence-corrected chi connectivity index (χ1v) is 14.8. The molecule has 2 aromatic heterocycles. The summed E-state index contributed by atoms with van der Waals surface area (Å²) < 4.78 is 33.7. The summed E-state index contributed by atoms with van der Waals surface area (Å²) in [4.78, 5) is 35.0. The zero-order valence-electron chi connectivity index (χ0n) is 26.1. The minimum Gasteiger partial charge on any atom is -0.460 e. The van der Waals surface area contributed by atoms with Gasteiger partial charge in [-0.3, -0.25) is 14.6 Å². The largest absolute Gasteiger partial charge is 0.460 e. The number of amides is 1. The first-order valence-electron chi connectivity index (χ1n) is 14.8. The molecule has 0 saturated carbocycles. The van der Waals surface area contributed by atoms with Gasteiger partial charge >= 0.3 is 5.97 Å². The molecule has 9 nitrogen and oxygen atoms in total. The number of aromatic nitrogens is 3. The molecule has 0 aliphatic carbocycles. The monoisotopic (exact) mass is 594 g/mol. The van der Waals surface area contributed by atoms with Crippen molar-refractivity contribution in [3.05, 3.63) is 71.6 Å². The van der Waals surface area contributed by atoms with E-state index in [1.807, 2.05) is 65.2 Å². The number of nitrogens with one attached hydrogen (secondary N) is 1. The van der Waals surface area contributed by atoms with Gasteiger partial charge in [-0.1, -0.05) is 19.9 Å². The van der Waals surface area contributed by atoms with Gasteiger partial charge in [0.05, 0.1) is 24.3 Å². The normalized spacial score (nSPS) is 18.4. The van der Waals surface area contributed by atoms with Gasteiger partial charge in [0.2, 0.25) is 0 Å². The van der Waals surface area contributed by atoms with Crippen LogP contribution < -0.4 is 5.32 Å². The second-order valence-electron chi connectivity index (χ2n) is 12.7. The van der Waals surface area contributed by atoms with Crippen molar-refractivity contribution in [3.63, 3.8) is 0 Å². The zero-order chi connectivity index (χ0) is 31.4. The van der Waals surface area contributed by atoms with Crippen molar-refractivity contribution in [1.82, 2.24) is 19.9 Å². The van der Waals surface area contributed by atoms with Gasteiger partial charge in [-0.2, -0.15) is 0 Å². The summed E-state index contributed by atoms with van der Waals surface area (Å²) in [5, 5.41) is 2.97. The number of halogens is 1. The highest BCUT2D eigenvalue weighted by Crippen LogP contribution is 2.33. The second-order valence-corrected chi connectivity index (χ2v) is 12.7. The Labute approximate surface area is 253 Å². The summed E-state index contributed by atoms with van der Waals surface area (Å²) in [6.45, 7) is 14.0. The van der Waals surface area contributed by atoms with Crippen molar-refractivity contribution >= 4 is 11.9 Å². The van der Waals surface area contributed by atoms with Crippen molar-refractivity contribution < 1.29 is 28.2 Å². The number of benzene rings is 1. The van der Waals surface area contributed by atoms with Crippen LogP contribution in [-0.4, -0.2) is 50.0 Å². The molecule has 0 unspecified atom stereocenters. The van der Waals surface area contributed by atoms with Crippen LogP contribution in [0.5, 0.6) is 0 Å². The standard InChI is InChI=1S/C33H43FN4O5/c1-21(2)29-28(31(40)36-20-22-9-8-15-35-19-22)37-30(23-10-12-24(34)13-11-23)38(29)16-14-25-17-26(42-33(6,7)41-25)18-27(39)43-32(3,4)5/h8-13,15,19,21,25-26H,14,16-18,20H2,1-7H3,(H,36,40)/t25-,26-/m1/s1. The van der Waals surface area contributed by atoms with E-state index >= 15 is 0 Å². The third-order valence-corrected chi connectivity index (χ3v) is 6.96. The van der Waals surface area contributed by atoms with E-state index in [1.165, 1.54) is 12.1 Å². The van der Waals surface area contributed by atoms with Crippen molar-refractivity contribution in [3.8, 4) is 11.4 Å². The van der Waals surface area contributed by atoms with Gasteiger partial charge in [-0.05, 0) is 82.9 Å². The molecular weight excluding hydrogens is 551 g/mol. The van der Waals surface area contributed by atoms with Crippen LogP contribution in [0.3, 0.4) is 0 Å². The van der Waals surface area contributed by atoms with E-state index in [2.05, 4.69) is 10.3 Å². The minimum atomic E-state index is -0.886. The van der Waals surface area contributed by atoms with Gasteiger partial charge in [0.15, 0.2) is 5.79 Å². The average molecular weight is 595 g/mol. The van der Waals surface area contributed by atoms with Crippen LogP contribution in [0.25, 0.3) is 11.4 Å². The molecule has 1 amide bonds. The molecule has 1 aliphatic heterocycles. The number of imidazole rings is 1. The van der Waals surface area contributed by atoms with E-state index in [9.17, 15) is 14.0 Å². The first kappa shape index (κ1) is 32.3. The molecular formula is C33H43FN4O5. The third kappa shape index (κ3) is 8.93. The lowest BCUT2D eigenvalue weighted by Gasteiger charge is -2.41. The Hall–Kier alpha value is -3.63. The average Bonchev–Trinajstić information content (AvgIpc) is 3.29.